The molecule has 0 bridgehead atoms. The molecule has 0 N–H and O–H groups in total. The average molecular weight is 176 g/mol. The van der Waals surface area contributed by atoms with E-state index in [1.54, 1.807) is 6.92 Å². The highest BCUT2D eigenvalue weighted by Gasteiger charge is 2.45. The molecule has 0 aliphatic carbocycles. The Hall–Kier alpha value is -1.31. The maximum Gasteiger partial charge on any atom is 0.192 e. The van der Waals surface area contributed by atoms with E-state index in [0.29, 0.717) is 0 Å². The van der Waals surface area contributed by atoms with Crippen molar-refractivity contribution in [2.45, 2.75) is 26.4 Å². The zero-order valence-electron chi connectivity index (χ0n) is 8.05. The van der Waals surface area contributed by atoms with Gasteiger partial charge in [-0.3, -0.25) is 4.79 Å². The molecule has 1 aliphatic heterocycles. The quantitative estimate of drug-likeness (QED) is 0.655. The lowest BCUT2D eigenvalue weighted by Crippen LogP contribution is -2.44. The summed E-state index contributed by atoms with van der Waals surface area (Å²) in [7, 11) is 0. The van der Waals surface area contributed by atoms with Crippen molar-refractivity contribution in [3.63, 3.8) is 0 Å². The van der Waals surface area contributed by atoms with E-state index in [0.717, 1.165) is 16.9 Å². The minimum Gasteiger partial charge on any atom is -0.474 e. The highest BCUT2D eigenvalue weighted by atomic mass is 16.5. The average Bonchev–Trinajstić information content (AvgIpc) is 2.06. The van der Waals surface area contributed by atoms with Crippen molar-refractivity contribution < 1.29 is 9.53 Å². The Kier molecular flexibility index (Phi) is 1.50. The predicted molar refractivity (Wildman–Crippen MR) is 49.8 cm³/mol. The summed E-state index contributed by atoms with van der Waals surface area (Å²) in [5.41, 5.74) is 1.48. The maximum absolute atomic E-state index is 11.3. The van der Waals surface area contributed by atoms with Gasteiger partial charge in [0, 0.05) is 5.56 Å². The number of benzene rings is 1. The molecular weight excluding hydrogens is 164 g/mol. The molecule has 0 spiro atoms. The van der Waals surface area contributed by atoms with Crippen molar-refractivity contribution in [2.75, 3.05) is 0 Å². The summed E-state index contributed by atoms with van der Waals surface area (Å²) in [6.07, 6.45) is 0. The van der Waals surface area contributed by atoms with E-state index in [9.17, 15) is 4.79 Å². The van der Waals surface area contributed by atoms with Crippen LogP contribution in [0, 0.1) is 6.92 Å². The summed E-state index contributed by atoms with van der Waals surface area (Å²) in [5, 5.41) is 0. The second-order valence-electron chi connectivity index (χ2n) is 3.69. The molecule has 1 unspecified atom stereocenters. The van der Waals surface area contributed by atoms with Crippen LogP contribution in [0.1, 0.15) is 25.0 Å². The maximum atomic E-state index is 11.3. The number of ether oxygens (including phenoxy) is 1. The smallest absolute Gasteiger partial charge is 0.192 e. The van der Waals surface area contributed by atoms with Crippen LogP contribution in [0.4, 0.5) is 0 Å². The molecule has 2 rings (SSSR count). The van der Waals surface area contributed by atoms with E-state index < -0.39 is 5.60 Å². The first-order valence-electron chi connectivity index (χ1n) is 4.35. The van der Waals surface area contributed by atoms with Gasteiger partial charge in [0.25, 0.3) is 0 Å². The van der Waals surface area contributed by atoms with Crippen LogP contribution < -0.4 is 4.74 Å². The van der Waals surface area contributed by atoms with Crippen molar-refractivity contribution in [1.82, 2.24) is 0 Å². The molecule has 68 valence electrons. The number of rotatable bonds is 1. The molecule has 0 saturated carbocycles. The second kappa shape index (κ2) is 2.34. The van der Waals surface area contributed by atoms with Gasteiger partial charge >= 0.3 is 0 Å². The van der Waals surface area contributed by atoms with Crippen LogP contribution in [0.25, 0.3) is 0 Å². The lowest BCUT2D eigenvalue weighted by molar-refractivity contribution is -0.135. The second-order valence-corrected chi connectivity index (χ2v) is 3.69. The summed E-state index contributed by atoms with van der Waals surface area (Å²) in [4.78, 5) is 11.3. The highest BCUT2D eigenvalue weighted by Crippen LogP contribution is 2.44. The van der Waals surface area contributed by atoms with E-state index in [-0.39, 0.29) is 5.78 Å². The van der Waals surface area contributed by atoms with Gasteiger partial charge in [-0.25, -0.2) is 0 Å². The Bertz CT molecular complexity index is 382. The first-order valence-corrected chi connectivity index (χ1v) is 4.35. The van der Waals surface area contributed by atoms with E-state index in [1.807, 2.05) is 32.0 Å². The predicted octanol–water partition coefficient (Wildman–Crippen LogP) is 2.19. The van der Waals surface area contributed by atoms with Gasteiger partial charge in [0.15, 0.2) is 11.4 Å². The molecule has 2 nitrogen and oxygen atoms in total. The van der Waals surface area contributed by atoms with E-state index in [1.165, 1.54) is 0 Å². The van der Waals surface area contributed by atoms with E-state index >= 15 is 0 Å². The highest BCUT2D eigenvalue weighted by molar-refractivity contribution is 5.89. The summed E-state index contributed by atoms with van der Waals surface area (Å²) >= 11 is 0. The van der Waals surface area contributed by atoms with Crippen LogP contribution in [0.5, 0.6) is 5.75 Å². The Balaban J connectivity index is 2.50. The number of hydrogen-bond acceptors (Lipinski definition) is 2. The van der Waals surface area contributed by atoms with Gasteiger partial charge in [0.05, 0.1) is 0 Å². The molecule has 0 saturated heterocycles. The summed E-state index contributed by atoms with van der Waals surface area (Å²) in [6.45, 7) is 5.39. The lowest BCUT2D eigenvalue weighted by atomic mass is 9.85. The number of carbonyl (C=O) groups excluding carboxylic acids is 1. The normalized spacial score (nSPS) is 24.2. The van der Waals surface area contributed by atoms with E-state index in [2.05, 4.69) is 0 Å². The molecule has 0 amide bonds. The monoisotopic (exact) mass is 176 g/mol. The first kappa shape index (κ1) is 8.30. The first-order chi connectivity index (χ1) is 6.04. The minimum atomic E-state index is -0.693. The summed E-state index contributed by atoms with van der Waals surface area (Å²) in [5.74, 6) is 0.897. The summed E-state index contributed by atoms with van der Waals surface area (Å²) in [6, 6.07) is 5.91. The van der Waals surface area contributed by atoms with Gasteiger partial charge in [0.1, 0.15) is 5.75 Å². The van der Waals surface area contributed by atoms with Crippen molar-refractivity contribution in [3.8, 4) is 5.75 Å². The fourth-order valence-corrected chi connectivity index (χ4v) is 1.60. The van der Waals surface area contributed by atoms with Crippen LogP contribution in [0.2, 0.25) is 0 Å². The molecule has 1 atom stereocenters. The topological polar surface area (TPSA) is 26.3 Å². The molecule has 0 aromatic heterocycles. The molecule has 13 heavy (non-hydrogen) atoms. The zero-order chi connectivity index (χ0) is 9.64. The molecule has 0 fully saturated rings. The number of fused-ring (bicyclic) bond motifs is 1. The van der Waals surface area contributed by atoms with Crippen molar-refractivity contribution in [1.29, 1.82) is 0 Å². The molecule has 1 aromatic carbocycles. The van der Waals surface area contributed by atoms with Crippen LogP contribution in [0.3, 0.4) is 0 Å². The lowest BCUT2D eigenvalue weighted by Gasteiger charge is -2.39. The zero-order valence-corrected chi connectivity index (χ0v) is 8.05. The fraction of sp³-hybridized carbons (Fsp3) is 0.364. The Morgan fingerprint density at radius 2 is 2.15 bits per heavy atom. The summed E-state index contributed by atoms with van der Waals surface area (Å²) < 4.78 is 5.44. The largest absolute Gasteiger partial charge is 0.474 e. The standard InChI is InChI=1S/C11H12O2/c1-7-4-5-10-9(6-7)11(3,13-10)8(2)12/h4-6H,1-3H3. The number of Topliss-reactive ketones (excluding diaryl/α,β-unsaturated/α-hetero) is 1. The van der Waals surface area contributed by atoms with Gasteiger partial charge < -0.3 is 4.74 Å². The van der Waals surface area contributed by atoms with Crippen molar-refractivity contribution >= 4 is 5.78 Å². The SMILES string of the molecule is CC(=O)C1(C)Oc2ccc(C)cc21. The Morgan fingerprint density at radius 1 is 1.46 bits per heavy atom. The van der Waals surface area contributed by atoms with Gasteiger partial charge in [-0.05, 0) is 32.9 Å². The molecule has 1 heterocycles. The number of hydrogen-bond donors (Lipinski definition) is 0. The number of ketones is 1. The Morgan fingerprint density at radius 3 is 2.77 bits per heavy atom. The van der Waals surface area contributed by atoms with Gasteiger partial charge in [-0.2, -0.15) is 0 Å². The minimum absolute atomic E-state index is 0.0607. The van der Waals surface area contributed by atoms with Crippen LogP contribution in [-0.4, -0.2) is 5.78 Å². The van der Waals surface area contributed by atoms with Gasteiger partial charge in [-0.1, -0.05) is 11.6 Å². The number of carbonyl (C=O) groups is 1. The van der Waals surface area contributed by atoms with E-state index in [4.69, 9.17) is 4.74 Å². The van der Waals surface area contributed by atoms with Gasteiger partial charge in [-0.15, -0.1) is 0 Å². The van der Waals surface area contributed by atoms with Crippen LogP contribution in [-0.2, 0) is 10.4 Å². The van der Waals surface area contributed by atoms with Crippen LogP contribution in [0.15, 0.2) is 18.2 Å². The third kappa shape index (κ3) is 0.981. The molecule has 0 radical (unpaired) electrons. The van der Waals surface area contributed by atoms with Gasteiger partial charge in [0.2, 0.25) is 0 Å². The Labute approximate surface area is 77.5 Å². The molecule has 1 aliphatic rings. The molecule has 1 aromatic rings. The van der Waals surface area contributed by atoms with Crippen molar-refractivity contribution in [2.24, 2.45) is 0 Å². The fourth-order valence-electron chi connectivity index (χ4n) is 1.60. The molecule has 2 heteroatoms. The molecular formula is C11H12O2. The number of aryl methyl sites for hydroxylation is 1. The van der Waals surface area contributed by atoms with Crippen LogP contribution >= 0.6 is 0 Å². The third-order valence-electron chi connectivity index (χ3n) is 2.63. The third-order valence-corrected chi connectivity index (χ3v) is 2.63. The van der Waals surface area contributed by atoms with Crippen molar-refractivity contribution in [3.05, 3.63) is 29.3 Å².